The van der Waals surface area contributed by atoms with Crippen molar-refractivity contribution in [1.82, 2.24) is 4.90 Å². The number of hydrogen-bond acceptors (Lipinski definition) is 5. The number of likely N-dealkylation sites (N-methyl/N-ethyl adjacent to an activating group) is 1. The van der Waals surface area contributed by atoms with Gasteiger partial charge in [-0.25, -0.2) is 0 Å². The van der Waals surface area contributed by atoms with Crippen LogP contribution in [0.25, 0.3) is 0 Å². The summed E-state index contributed by atoms with van der Waals surface area (Å²) in [6, 6.07) is 0. The van der Waals surface area contributed by atoms with Crippen LogP contribution in [0, 0.1) is 5.41 Å². The monoisotopic (exact) mass is 327 g/mol. The van der Waals surface area contributed by atoms with E-state index in [1.807, 2.05) is 0 Å². The van der Waals surface area contributed by atoms with Gasteiger partial charge in [-0.3, -0.25) is 0 Å². The zero-order valence-electron chi connectivity index (χ0n) is 15.2. The molecule has 1 spiro atoms. The van der Waals surface area contributed by atoms with E-state index in [0.29, 0.717) is 13.0 Å². The van der Waals surface area contributed by atoms with Gasteiger partial charge in [0.05, 0.1) is 12.7 Å². The van der Waals surface area contributed by atoms with Crippen molar-refractivity contribution in [1.29, 1.82) is 0 Å². The van der Waals surface area contributed by atoms with Crippen LogP contribution in [0.3, 0.4) is 0 Å². The molecule has 0 aromatic carbocycles. The van der Waals surface area contributed by atoms with E-state index < -0.39 is 18.0 Å². The van der Waals surface area contributed by atoms with Crippen LogP contribution in [0.15, 0.2) is 11.6 Å². The lowest BCUT2D eigenvalue weighted by Gasteiger charge is -2.42. The number of hydrogen-bond donors (Lipinski definition) is 2. The van der Waals surface area contributed by atoms with E-state index in [0.717, 1.165) is 31.6 Å². The zero-order chi connectivity index (χ0) is 17.3. The highest BCUT2D eigenvalue weighted by atomic mass is 16.8. The Hall–Kier alpha value is -0.460. The molecular formula is C18H33NO4. The van der Waals surface area contributed by atoms with Gasteiger partial charge in [-0.05, 0) is 24.9 Å². The lowest BCUT2D eigenvalue weighted by atomic mass is 9.76. The Balaban J connectivity index is 2.07. The van der Waals surface area contributed by atoms with Crippen molar-refractivity contribution in [2.45, 2.75) is 71.6 Å². The first-order valence-electron chi connectivity index (χ1n) is 8.84. The van der Waals surface area contributed by atoms with Crippen LogP contribution in [-0.4, -0.2) is 65.5 Å². The van der Waals surface area contributed by atoms with Crippen LogP contribution in [0.2, 0.25) is 0 Å². The predicted octanol–water partition coefficient (Wildman–Crippen LogP) is 1.93. The van der Waals surface area contributed by atoms with E-state index in [-0.39, 0.29) is 11.5 Å². The zero-order valence-corrected chi connectivity index (χ0v) is 15.2. The van der Waals surface area contributed by atoms with Gasteiger partial charge in [-0.2, -0.15) is 0 Å². The summed E-state index contributed by atoms with van der Waals surface area (Å²) in [6.07, 6.45) is 1.47. The normalized spacial score (nSPS) is 35.1. The largest absolute Gasteiger partial charge is 0.387 e. The maximum absolute atomic E-state index is 10.6. The molecule has 4 unspecified atom stereocenters. The third-order valence-corrected chi connectivity index (χ3v) is 4.91. The fraction of sp³-hybridized carbons (Fsp3) is 0.889. The topological polar surface area (TPSA) is 62.2 Å². The molecule has 0 radical (unpaired) electrons. The number of ether oxygens (including phenoxy) is 2. The van der Waals surface area contributed by atoms with E-state index in [2.05, 4.69) is 39.5 Å². The Labute approximate surface area is 140 Å². The van der Waals surface area contributed by atoms with Crippen molar-refractivity contribution >= 4 is 0 Å². The highest BCUT2D eigenvalue weighted by Crippen LogP contribution is 2.42. The third kappa shape index (κ3) is 3.97. The molecule has 0 aromatic rings. The molecule has 1 heterocycles. The maximum atomic E-state index is 10.6. The van der Waals surface area contributed by atoms with Crippen molar-refractivity contribution in [3.05, 3.63) is 11.6 Å². The van der Waals surface area contributed by atoms with Gasteiger partial charge in [0.2, 0.25) is 5.79 Å². The van der Waals surface area contributed by atoms with Gasteiger partial charge in [-0.15, -0.1) is 0 Å². The molecule has 1 aliphatic heterocycles. The lowest BCUT2D eigenvalue weighted by molar-refractivity contribution is -0.270. The fourth-order valence-electron chi connectivity index (χ4n) is 3.43. The average Bonchev–Trinajstić information content (AvgIpc) is 2.88. The Kier molecular flexibility index (Phi) is 5.90. The summed E-state index contributed by atoms with van der Waals surface area (Å²) in [4.78, 5) is 2.31. The summed E-state index contributed by atoms with van der Waals surface area (Å²) in [5.41, 5.74) is 0.960. The van der Waals surface area contributed by atoms with E-state index in [1.54, 1.807) is 6.08 Å². The highest BCUT2D eigenvalue weighted by Gasteiger charge is 2.55. The van der Waals surface area contributed by atoms with E-state index >= 15 is 0 Å². The van der Waals surface area contributed by atoms with Crippen LogP contribution in [-0.2, 0) is 9.47 Å². The van der Waals surface area contributed by atoms with Gasteiger partial charge < -0.3 is 24.6 Å². The van der Waals surface area contributed by atoms with Gasteiger partial charge in [-0.1, -0.05) is 46.3 Å². The van der Waals surface area contributed by atoms with Crippen molar-refractivity contribution in [3.8, 4) is 0 Å². The lowest BCUT2D eigenvalue weighted by Crippen LogP contribution is -2.56. The van der Waals surface area contributed by atoms with Crippen LogP contribution in [0.1, 0.15) is 47.5 Å². The van der Waals surface area contributed by atoms with Crippen molar-refractivity contribution in [3.63, 3.8) is 0 Å². The highest BCUT2D eigenvalue weighted by molar-refractivity contribution is 5.22. The predicted molar refractivity (Wildman–Crippen MR) is 90.1 cm³/mol. The SMILES string of the molecule is CCCN(CC)CC1COC2(O1)C(O)C=C(C(C)(C)C)CC2O. The van der Waals surface area contributed by atoms with Gasteiger partial charge in [0, 0.05) is 13.0 Å². The molecule has 4 atom stereocenters. The standard InChI is InChI=1S/C18H33NO4/c1-6-8-19(7-2)11-14-12-22-18(23-14)15(20)9-13(10-16(18)21)17(3,4)5/h9,14-16,20-21H,6-8,10-12H2,1-5H3. The molecule has 1 saturated heterocycles. The van der Waals surface area contributed by atoms with Gasteiger partial charge in [0.15, 0.2) is 0 Å². The molecule has 0 amide bonds. The Morgan fingerprint density at radius 2 is 2.00 bits per heavy atom. The Bertz CT molecular complexity index is 431. The van der Waals surface area contributed by atoms with E-state index in [1.165, 1.54) is 0 Å². The average molecular weight is 327 g/mol. The molecule has 0 bridgehead atoms. The van der Waals surface area contributed by atoms with E-state index in [4.69, 9.17) is 9.47 Å². The number of aliphatic hydroxyl groups is 2. The summed E-state index contributed by atoms with van der Waals surface area (Å²) >= 11 is 0. The first kappa shape index (κ1) is 18.9. The summed E-state index contributed by atoms with van der Waals surface area (Å²) in [6.45, 7) is 13.7. The molecule has 23 heavy (non-hydrogen) atoms. The second-order valence-corrected chi connectivity index (χ2v) is 7.77. The first-order valence-corrected chi connectivity index (χ1v) is 8.84. The van der Waals surface area contributed by atoms with Crippen LogP contribution >= 0.6 is 0 Å². The summed E-state index contributed by atoms with van der Waals surface area (Å²) in [7, 11) is 0. The number of aliphatic hydroxyl groups excluding tert-OH is 2. The maximum Gasteiger partial charge on any atom is 0.225 e. The molecule has 2 aliphatic rings. The summed E-state index contributed by atoms with van der Waals surface area (Å²) in [5.74, 6) is -1.30. The third-order valence-electron chi connectivity index (χ3n) is 4.91. The molecule has 0 aromatic heterocycles. The number of nitrogens with zero attached hydrogens (tertiary/aromatic N) is 1. The van der Waals surface area contributed by atoms with Gasteiger partial charge in [0.1, 0.15) is 12.2 Å². The molecule has 2 N–H and O–H groups in total. The summed E-state index contributed by atoms with van der Waals surface area (Å²) in [5, 5.41) is 21.2. The first-order chi connectivity index (χ1) is 10.7. The smallest absolute Gasteiger partial charge is 0.225 e. The minimum absolute atomic E-state index is 0.0816. The second kappa shape index (κ2) is 7.19. The number of rotatable bonds is 5. The molecule has 2 rings (SSSR count). The Morgan fingerprint density at radius 1 is 1.30 bits per heavy atom. The molecule has 5 nitrogen and oxygen atoms in total. The minimum atomic E-state index is -1.30. The van der Waals surface area contributed by atoms with Gasteiger partial charge in [0.25, 0.3) is 0 Å². The van der Waals surface area contributed by atoms with Gasteiger partial charge >= 0.3 is 0 Å². The van der Waals surface area contributed by atoms with Crippen molar-refractivity contribution in [2.75, 3.05) is 26.2 Å². The van der Waals surface area contributed by atoms with Crippen LogP contribution < -0.4 is 0 Å². The van der Waals surface area contributed by atoms with E-state index in [9.17, 15) is 10.2 Å². The molecule has 1 aliphatic carbocycles. The molecule has 1 fully saturated rings. The molecule has 0 saturated carbocycles. The fourth-order valence-corrected chi connectivity index (χ4v) is 3.43. The van der Waals surface area contributed by atoms with Crippen molar-refractivity contribution in [2.24, 2.45) is 5.41 Å². The summed E-state index contributed by atoms with van der Waals surface area (Å²) < 4.78 is 11.9. The van der Waals surface area contributed by atoms with Crippen molar-refractivity contribution < 1.29 is 19.7 Å². The quantitative estimate of drug-likeness (QED) is 0.756. The molecule has 134 valence electrons. The molecular weight excluding hydrogens is 294 g/mol. The Morgan fingerprint density at radius 3 is 2.52 bits per heavy atom. The minimum Gasteiger partial charge on any atom is -0.387 e. The van der Waals surface area contributed by atoms with Crippen LogP contribution in [0.5, 0.6) is 0 Å². The molecule has 5 heteroatoms. The van der Waals surface area contributed by atoms with Crippen LogP contribution in [0.4, 0.5) is 0 Å². The second-order valence-electron chi connectivity index (χ2n) is 7.77.